The molecule has 1 saturated carbocycles. The zero-order chi connectivity index (χ0) is 8.43. The van der Waals surface area contributed by atoms with Crippen LogP contribution < -0.4 is 5.32 Å². The van der Waals surface area contributed by atoms with E-state index >= 15 is 0 Å². The van der Waals surface area contributed by atoms with Gasteiger partial charge in [0.15, 0.2) is 0 Å². The van der Waals surface area contributed by atoms with Crippen molar-refractivity contribution in [3.8, 4) is 0 Å². The molecule has 1 aliphatic rings. The molecule has 0 aliphatic heterocycles. The van der Waals surface area contributed by atoms with E-state index in [1.54, 1.807) is 0 Å². The van der Waals surface area contributed by atoms with Crippen molar-refractivity contribution in [3.63, 3.8) is 0 Å². The lowest BCUT2D eigenvalue weighted by molar-refractivity contribution is -0.126. The molecule has 0 aromatic heterocycles. The summed E-state index contributed by atoms with van der Waals surface area (Å²) < 4.78 is 0. The molecule has 0 spiro atoms. The number of nitrogens with one attached hydrogen (secondary N) is 1. The van der Waals surface area contributed by atoms with Crippen LogP contribution in [0, 0.1) is 5.92 Å². The van der Waals surface area contributed by atoms with Gasteiger partial charge < -0.3 is 10.4 Å². The largest absolute Gasteiger partial charge is 0.391 e. The fraction of sp³-hybridized carbons (Fsp3) is 0.875. The summed E-state index contributed by atoms with van der Waals surface area (Å²) in [6, 6.07) is 0.0184. The molecule has 1 fully saturated rings. The third-order valence-electron chi connectivity index (χ3n) is 2.09. The summed E-state index contributed by atoms with van der Waals surface area (Å²) in [5.74, 6) is 0.0524. The number of carbonyl (C=O) groups excluding carboxylic acids is 1. The number of aliphatic hydroxyl groups is 1. The second kappa shape index (κ2) is 3.22. The van der Waals surface area contributed by atoms with Crippen LogP contribution >= 0.6 is 0 Å². The Morgan fingerprint density at radius 2 is 2.18 bits per heavy atom. The number of amides is 1. The lowest BCUT2D eigenvalue weighted by Gasteiger charge is -2.33. The van der Waals surface area contributed by atoms with Crippen molar-refractivity contribution in [2.75, 3.05) is 0 Å². The summed E-state index contributed by atoms with van der Waals surface area (Å²) in [4.78, 5) is 11.1. The van der Waals surface area contributed by atoms with Gasteiger partial charge >= 0.3 is 0 Å². The van der Waals surface area contributed by atoms with Crippen molar-refractivity contribution >= 4 is 5.91 Å². The van der Waals surface area contributed by atoms with Gasteiger partial charge in [0.05, 0.1) is 12.1 Å². The quantitative estimate of drug-likeness (QED) is 0.605. The van der Waals surface area contributed by atoms with Crippen molar-refractivity contribution < 1.29 is 9.90 Å². The molecule has 2 atom stereocenters. The number of hydrogen-bond donors (Lipinski definition) is 2. The van der Waals surface area contributed by atoms with E-state index < -0.39 is 0 Å². The highest BCUT2D eigenvalue weighted by atomic mass is 16.3. The van der Waals surface area contributed by atoms with Gasteiger partial charge in [-0.15, -0.1) is 0 Å². The van der Waals surface area contributed by atoms with E-state index in [9.17, 15) is 4.79 Å². The van der Waals surface area contributed by atoms with Crippen molar-refractivity contribution in [3.05, 3.63) is 0 Å². The molecule has 3 nitrogen and oxygen atoms in total. The Morgan fingerprint density at radius 1 is 1.55 bits per heavy atom. The second-order valence-electron chi connectivity index (χ2n) is 3.41. The Hall–Kier alpha value is -0.570. The highest BCUT2D eigenvalue weighted by Crippen LogP contribution is 2.19. The van der Waals surface area contributed by atoms with Crippen molar-refractivity contribution in [1.29, 1.82) is 0 Å². The number of rotatable bonds is 2. The summed E-state index contributed by atoms with van der Waals surface area (Å²) in [5.41, 5.74) is 0. The van der Waals surface area contributed by atoms with Crippen molar-refractivity contribution in [2.45, 2.75) is 38.8 Å². The standard InChI is InChI=1S/C8H15NO2/c1-5(2)8(11)9-6-3-4-7(6)10/h5-7,10H,3-4H2,1-2H3,(H,9,11)/t6-,7-/m1/s1. The van der Waals surface area contributed by atoms with Gasteiger partial charge in [-0.25, -0.2) is 0 Å². The van der Waals surface area contributed by atoms with E-state index in [1.165, 1.54) is 0 Å². The highest BCUT2D eigenvalue weighted by molar-refractivity contribution is 5.78. The van der Waals surface area contributed by atoms with Crippen LogP contribution in [0.4, 0.5) is 0 Å². The average molecular weight is 157 g/mol. The Balaban J connectivity index is 2.25. The summed E-state index contributed by atoms with van der Waals surface area (Å²) in [6.45, 7) is 3.70. The van der Waals surface area contributed by atoms with Gasteiger partial charge in [0.1, 0.15) is 0 Å². The van der Waals surface area contributed by atoms with E-state index in [2.05, 4.69) is 5.32 Å². The van der Waals surface area contributed by atoms with Gasteiger partial charge in [-0.2, -0.15) is 0 Å². The highest BCUT2D eigenvalue weighted by Gasteiger charge is 2.30. The molecule has 0 heterocycles. The fourth-order valence-corrected chi connectivity index (χ4v) is 1.00. The Bertz CT molecular complexity index is 156. The van der Waals surface area contributed by atoms with E-state index in [1.807, 2.05) is 13.8 Å². The van der Waals surface area contributed by atoms with Crippen LogP contribution in [0.15, 0.2) is 0 Å². The third-order valence-corrected chi connectivity index (χ3v) is 2.09. The molecule has 0 bridgehead atoms. The lowest BCUT2D eigenvalue weighted by atomic mass is 9.89. The molecule has 11 heavy (non-hydrogen) atoms. The zero-order valence-corrected chi connectivity index (χ0v) is 7.00. The summed E-state index contributed by atoms with van der Waals surface area (Å²) in [5, 5.41) is 11.9. The lowest BCUT2D eigenvalue weighted by Crippen LogP contribution is -2.51. The van der Waals surface area contributed by atoms with Gasteiger partial charge in [0.25, 0.3) is 0 Å². The Labute approximate surface area is 66.8 Å². The maximum absolute atomic E-state index is 11.1. The minimum Gasteiger partial charge on any atom is -0.391 e. The molecular weight excluding hydrogens is 142 g/mol. The monoisotopic (exact) mass is 157 g/mol. The summed E-state index contributed by atoms with van der Waals surface area (Å²) >= 11 is 0. The van der Waals surface area contributed by atoms with Crippen molar-refractivity contribution in [1.82, 2.24) is 5.32 Å². The van der Waals surface area contributed by atoms with Crippen LogP contribution in [0.3, 0.4) is 0 Å². The fourth-order valence-electron chi connectivity index (χ4n) is 1.00. The molecule has 0 saturated heterocycles. The normalized spacial score (nSPS) is 29.8. The molecule has 0 radical (unpaired) electrons. The maximum Gasteiger partial charge on any atom is 0.222 e. The molecule has 64 valence electrons. The Morgan fingerprint density at radius 3 is 2.45 bits per heavy atom. The predicted octanol–water partition coefficient (Wildman–Crippen LogP) is 0.282. The van der Waals surface area contributed by atoms with E-state index in [4.69, 9.17) is 5.11 Å². The van der Waals surface area contributed by atoms with Crippen LogP contribution in [0.5, 0.6) is 0 Å². The van der Waals surface area contributed by atoms with Gasteiger partial charge in [0.2, 0.25) is 5.91 Å². The predicted molar refractivity (Wildman–Crippen MR) is 42.0 cm³/mol. The number of aliphatic hydroxyl groups excluding tert-OH is 1. The minimum absolute atomic E-state index is 0.0165. The van der Waals surface area contributed by atoms with Crippen molar-refractivity contribution in [2.24, 2.45) is 5.92 Å². The molecule has 0 aromatic carbocycles. The summed E-state index contributed by atoms with van der Waals surface area (Å²) in [6.07, 6.45) is 1.43. The molecule has 1 aliphatic carbocycles. The van der Waals surface area contributed by atoms with Crippen LogP contribution in [0.1, 0.15) is 26.7 Å². The van der Waals surface area contributed by atoms with Gasteiger partial charge in [0, 0.05) is 5.92 Å². The molecule has 0 aromatic rings. The Kier molecular flexibility index (Phi) is 2.49. The molecule has 1 rings (SSSR count). The van der Waals surface area contributed by atoms with Crippen LogP contribution in [0.2, 0.25) is 0 Å². The SMILES string of the molecule is CC(C)C(=O)N[C@@H]1CC[C@H]1O. The van der Waals surface area contributed by atoms with Crippen LogP contribution in [0.25, 0.3) is 0 Å². The first-order chi connectivity index (χ1) is 5.11. The average Bonchev–Trinajstić information content (AvgIpc) is 1.96. The molecule has 2 N–H and O–H groups in total. The van der Waals surface area contributed by atoms with Crippen LogP contribution in [-0.4, -0.2) is 23.2 Å². The topological polar surface area (TPSA) is 49.3 Å². The van der Waals surface area contributed by atoms with E-state index in [0.717, 1.165) is 12.8 Å². The zero-order valence-electron chi connectivity index (χ0n) is 7.00. The summed E-state index contributed by atoms with van der Waals surface area (Å²) in [7, 11) is 0. The first kappa shape index (κ1) is 8.53. The molecular formula is C8H15NO2. The van der Waals surface area contributed by atoms with Crippen LogP contribution in [-0.2, 0) is 4.79 Å². The minimum atomic E-state index is -0.308. The second-order valence-corrected chi connectivity index (χ2v) is 3.41. The first-order valence-electron chi connectivity index (χ1n) is 4.09. The van der Waals surface area contributed by atoms with Gasteiger partial charge in [-0.1, -0.05) is 13.8 Å². The van der Waals surface area contributed by atoms with E-state index in [-0.39, 0.29) is 24.0 Å². The van der Waals surface area contributed by atoms with Gasteiger partial charge in [-0.05, 0) is 12.8 Å². The van der Waals surface area contributed by atoms with Gasteiger partial charge in [-0.3, -0.25) is 4.79 Å². The maximum atomic E-state index is 11.1. The van der Waals surface area contributed by atoms with E-state index in [0.29, 0.717) is 0 Å². The third kappa shape index (κ3) is 1.93. The smallest absolute Gasteiger partial charge is 0.222 e. The number of hydrogen-bond acceptors (Lipinski definition) is 2. The number of carbonyl (C=O) groups is 1. The molecule has 0 unspecified atom stereocenters. The molecule has 1 amide bonds. The molecule has 3 heteroatoms. The first-order valence-corrected chi connectivity index (χ1v) is 4.09.